The van der Waals surface area contributed by atoms with Gasteiger partial charge in [0.05, 0.1) is 6.10 Å². The van der Waals surface area contributed by atoms with Gasteiger partial charge in [-0.15, -0.1) is 10.2 Å². The largest absolute Gasteiger partial charge is 0.393 e. The van der Waals surface area contributed by atoms with Gasteiger partial charge in [0.25, 0.3) is 0 Å². The molecule has 2 aromatic heterocycles. The highest BCUT2D eigenvalue weighted by atomic mass is 35.5. The first-order chi connectivity index (χ1) is 9.24. The zero-order chi connectivity index (χ0) is 13.2. The Morgan fingerprint density at radius 2 is 2.16 bits per heavy atom. The number of aliphatic hydroxyl groups excluding tert-OH is 1. The highest BCUT2D eigenvalue weighted by Gasteiger charge is 2.21. The van der Waals surface area contributed by atoms with Crippen LogP contribution in [0.1, 0.15) is 25.7 Å². The fourth-order valence-electron chi connectivity index (χ4n) is 2.56. The molecule has 2 heterocycles. The molecule has 0 spiro atoms. The Bertz CT molecular complexity index is 592. The molecular weight excluding hydrogens is 264 g/mol. The topological polar surface area (TPSA) is 70.9 Å². The van der Waals surface area contributed by atoms with E-state index in [9.17, 15) is 5.11 Å². The van der Waals surface area contributed by atoms with E-state index in [1.807, 2.05) is 6.07 Å². The van der Waals surface area contributed by atoms with Crippen molar-refractivity contribution >= 4 is 28.2 Å². The minimum absolute atomic E-state index is 0.223. The number of pyridine rings is 1. The van der Waals surface area contributed by atoms with Gasteiger partial charge in [-0.05, 0) is 31.7 Å². The van der Waals surface area contributed by atoms with Crippen LogP contribution >= 0.6 is 11.6 Å². The van der Waals surface area contributed by atoms with E-state index in [0.29, 0.717) is 11.0 Å². The van der Waals surface area contributed by atoms with Gasteiger partial charge in [0.2, 0.25) is 0 Å². The van der Waals surface area contributed by atoms with Crippen LogP contribution < -0.4 is 5.32 Å². The minimum atomic E-state index is -0.223. The van der Waals surface area contributed by atoms with Crippen LogP contribution in [0.3, 0.4) is 0 Å². The molecule has 6 heteroatoms. The van der Waals surface area contributed by atoms with Gasteiger partial charge < -0.3 is 10.4 Å². The number of anilines is 1. The monoisotopic (exact) mass is 278 g/mol. The Hall–Kier alpha value is -1.46. The van der Waals surface area contributed by atoms with E-state index < -0.39 is 0 Å². The van der Waals surface area contributed by atoms with Crippen molar-refractivity contribution in [3.63, 3.8) is 0 Å². The molecule has 0 aliphatic heterocycles. The lowest BCUT2D eigenvalue weighted by molar-refractivity contribution is 0.124. The van der Waals surface area contributed by atoms with Crippen molar-refractivity contribution in [2.45, 2.75) is 37.8 Å². The van der Waals surface area contributed by atoms with Gasteiger partial charge in [0.1, 0.15) is 0 Å². The zero-order valence-electron chi connectivity index (χ0n) is 10.4. The number of rotatable bonds is 2. The molecule has 100 valence electrons. The molecule has 1 aliphatic carbocycles. The summed E-state index contributed by atoms with van der Waals surface area (Å²) in [5.41, 5.74) is 0. The van der Waals surface area contributed by atoms with Gasteiger partial charge in [-0.2, -0.15) is 0 Å². The van der Waals surface area contributed by atoms with Crippen LogP contribution in [0.4, 0.5) is 5.82 Å². The van der Waals surface area contributed by atoms with Crippen LogP contribution in [0.15, 0.2) is 18.5 Å². The van der Waals surface area contributed by atoms with Crippen molar-refractivity contribution in [3.05, 3.63) is 23.6 Å². The Morgan fingerprint density at radius 3 is 3.00 bits per heavy atom. The SMILES string of the molecule is O[C@H]1CCC[C@@H](Nc2nnc(Cl)c3cnccc23)C1. The lowest BCUT2D eigenvalue weighted by Crippen LogP contribution is -2.30. The Labute approximate surface area is 116 Å². The second-order valence-electron chi connectivity index (χ2n) is 4.92. The van der Waals surface area contributed by atoms with E-state index in [-0.39, 0.29) is 12.1 Å². The fourth-order valence-corrected chi connectivity index (χ4v) is 2.75. The van der Waals surface area contributed by atoms with Crippen LogP contribution in [0.25, 0.3) is 10.8 Å². The third-order valence-electron chi connectivity index (χ3n) is 3.52. The number of halogens is 1. The summed E-state index contributed by atoms with van der Waals surface area (Å²) in [6, 6.07) is 2.10. The average Bonchev–Trinajstić information content (AvgIpc) is 2.42. The van der Waals surface area contributed by atoms with Gasteiger partial charge in [0.15, 0.2) is 11.0 Å². The lowest BCUT2D eigenvalue weighted by atomic mass is 9.93. The van der Waals surface area contributed by atoms with Gasteiger partial charge in [0, 0.05) is 29.2 Å². The Balaban J connectivity index is 1.90. The summed E-state index contributed by atoms with van der Waals surface area (Å²) in [6.45, 7) is 0. The van der Waals surface area contributed by atoms with Crippen molar-refractivity contribution < 1.29 is 5.11 Å². The van der Waals surface area contributed by atoms with E-state index in [1.165, 1.54) is 0 Å². The van der Waals surface area contributed by atoms with E-state index in [2.05, 4.69) is 20.5 Å². The van der Waals surface area contributed by atoms with Gasteiger partial charge in [-0.3, -0.25) is 4.98 Å². The summed E-state index contributed by atoms with van der Waals surface area (Å²) in [7, 11) is 0. The number of aromatic nitrogens is 3. The Morgan fingerprint density at radius 1 is 1.26 bits per heavy atom. The van der Waals surface area contributed by atoms with Crippen LogP contribution in [-0.4, -0.2) is 32.4 Å². The Kier molecular flexibility index (Phi) is 3.48. The summed E-state index contributed by atoms with van der Waals surface area (Å²) in [4.78, 5) is 4.05. The van der Waals surface area contributed by atoms with Crippen molar-refractivity contribution in [1.29, 1.82) is 0 Å². The second-order valence-corrected chi connectivity index (χ2v) is 5.28. The van der Waals surface area contributed by atoms with Crippen molar-refractivity contribution in [1.82, 2.24) is 15.2 Å². The molecule has 0 radical (unpaired) electrons. The third-order valence-corrected chi connectivity index (χ3v) is 3.80. The average molecular weight is 279 g/mol. The van der Waals surface area contributed by atoms with Crippen molar-refractivity contribution in [2.75, 3.05) is 5.32 Å². The van der Waals surface area contributed by atoms with Crippen molar-refractivity contribution in [2.24, 2.45) is 0 Å². The predicted octanol–water partition coefficient (Wildman–Crippen LogP) is 2.39. The maximum atomic E-state index is 9.71. The summed E-state index contributed by atoms with van der Waals surface area (Å²) in [5, 5.41) is 23.2. The van der Waals surface area contributed by atoms with E-state index in [4.69, 9.17) is 11.6 Å². The number of hydrogen-bond acceptors (Lipinski definition) is 5. The molecule has 0 unspecified atom stereocenters. The molecule has 0 bridgehead atoms. The third kappa shape index (κ3) is 2.62. The molecule has 1 aliphatic rings. The van der Waals surface area contributed by atoms with Gasteiger partial charge >= 0.3 is 0 Å². The molecule has 0 amide bonds. The predicted molar refractivity (Wildman–Crippen MR) is 74.2 cm³/mol. The molecule has 2 aromatic rings. The molecule has 1 fully saturated rings. The van der Waals surface area contributed by atoms with E-state index in [0.717, 1.165) is 36.5 Å². The van der Waals surface area contributed by atoms with Crippen molar-refractivity contribution in [3.8, 4) is 0 Å². The van der Waals surface area contributed by atoms with E-state index >= 15 is 0 Å². The lowest BCUT2D eigenvalue weighted by Gasteiger charge is -2.27. The molecule has 0 aromatic carbocycles. The number of nitrogens with zero attached hydrogens (tertiary/aromatic N) is 3. The fraction of sp³-hybridized carbons (Fsp3) is 0.462. The number of nitrogens with one attached hydrogen (secondary N) is 1. The zero-order valence-corrected chi connectivity index (χ0v) is 11.1. The first-order valence-electron chi connectivity index (χ1n) is 6.44. The minimum Gasteiger partial charge on any atom is -0.393 e. The summed E-state index contributed by atoms with van der Waals surface area (Å²) in [5.74, 6) is 0.709. The maximum Gasteiger partial charge on any atom is 0.161 e. The van der Waals surface area contributed by atoms with Crippen LogP contribution in [-0.2, 0) is 0 Å². The van der Waals surface area contributed by atoms with Crippen LogP contribution in [0.2, 0.25) is 5.15 Å². The smallest absolute Gasteiger partial charge is 0.161 e. The highest BCUT2D eigenvalue weighted by Crippen LogP contribution is 2.27. The number of fused-ring (bicyclic) bond motifs is 1. The number of hydrogen-bond donors (Lipinski definition) is 2. The van der Waals surface area contributed by atoms with Crippen LogP contribution in [0, 0.1) is 0 Å². The maximum absolute atomic E-state index is 9.71. The normalized spacial score (nSPS) is 23.5. The quantitative estimate of drug-likeness (QED) is 0.883. The molecule has 2 atom stereocenters. The first-order valence-corrected chi connectivity index (χ1v) is 6.82. The summed E-state index contributed by atoms with van der Waals surface area (Å²) in [6.07, 6.45) is 6.87. The molecule has 5 nitrogen and oxygen atoms in total. The summed E-state index contributed by atoms with van der Waals surface area (Å²) >= 11 is 6.01. The van der Waals surface area contributed by atoms with Gasteiger partial charge in [-0.25, -0.2) is 0 Å². The molecule has 19 heavy (non-hydrogen) atoms. The molecule has 0 saturated heterocycles. The first kappa shape index (κ1) is 12.6. The van der Waals surface area contributed by atoms with Gasteiger partial charge in [-0.1, -0.05) is 11.6 Å². The highest BCUT2D eigenvalue weighted by molar-refractivity contribution is 6.34. The summed E-state index contributed by atoms with van der Waals surface area (Å²) < 4.78 is 0. The van der Waals surface area contributed by atoms with Crippen LogP contribution in [0.5, 0.6) is 0 Å². The second kappa shape index (κ2) is 5.27. The standard InChI is InChI=1S/C13H15ClN4O/c14-12-11-7-15-5-4-10(11)13(18-17-12)16-8-2-1-3-9(19)6-8/h4-5,7-9,19H,1-3,6H2,(H,16,18)/t8-,9+/m1/s1. The van der Waals surface area contributed by atoms with E-state index in [1.54, 1.807) is 12.4 Å². The molecule has 2 N–H and O–H groups in total. The molecular formula is C13H15ClN4O. The molecule has 1 saturated carbocycles. The molecule has 3 rings (SSSR count). The number of aliphatic hydroxyl groups is 1.